The van der Waals surface area contributed by atoms with E-state index in [1.54, 1.807) is 48.5 Å². The maximum absolute atomic E-state index is 11.6. The normalized spacial score (nSPS) is 10.7. The smallest absolute Gasteiger partial charge is 0.339 e. The molecule has 7 heteroatoms. The molecular formula is C23H18O7. The molecular weight excluding hydrogens is 388 g/mol. The largest absolute Gasteiger partial charge is 0.507 e. The summed E-state index contributed by atoms with van der Waals surface area (Å²) in [4.78, 5) is 23.2. The van der Waals surface area contributed by atoms with Gasteiger partial charge in [0.05, 0.1) is 0 Å². The molecule has 0 saturated carbocycles. The third-order valence-corrected chi connectivity index (χ3v) is 5.07. The van der Waals surface area contributed by atoms with Gasteiger partial charge in [-0.05, 0) is 33.7 Å². The summed E-state index contributed by atoms with van der Waals surface area (Å²) in [6.07, 6.45) is -0.0407. The summed E-state index contributed by atoms with van der Waals surface area (Å²) in [5, 5.41) is 42.8. The van der Waals surface area contributed by atoms with Crippen LogP contribution in [-0.2, 0) is 6.42 Å². The maximum Gasteiger partial charge on any atom is 0.339 e. The van der Waals surface area contributed by atoms with Gasteiger partial charge in [-0.3, -0.25) is 0 Å². The van der Waals surface area contributed by atoms with Gasteiger partial charge in [-0.2, -0.15) is 0 Å². The van der Waals surface area contributed by atoms with Gasteiger partial charge in [0.2, 0.25) is 0 Å². The summed E-state index contributed by atoms with van der Waals surface area (Å²) < 4.78 is 0. The Labute approximate surface area is 170 Å². The highest BCUT2D eigenvalue weighted by Crippen LogP contribution is 2.38. The van der Waals surface area contributed by atoms with Crippen LogP contribution in [0, 0.1) is 0 Å². The first-order valence-electron chi connectivity index (χ1n) is 8.82. The molecule has 0 aliphatic heterocycles. The van der Waals surface area contributed by atoms with Crippen LogP contribution in [-0.4, -0.2) is 37.8 Å². The number of carboxylic acid groups (broad SMARTS) is 2. The molecule has 0 aliphatic rings. The van der Waals surface area contributed by atoms with E-state index in [-0.39, 0.29) is 23.0 Å². The van der Waals surface area contributed by atoms with Crippen LogP contribution in [0.25, 0.3) is 21.5 Å². The van der Waals surface area contributed by atoms with Gasteiger partial charge in [-0.1, -0.05) is 48.5 Å². The molecule has 0 saturated heterocycles. The minimum absolute atomic E-state index is 0. The first kappa shape index (κ1) is 20.6. The first-order chi connectivity index (χ1) is 13.9. The fourth-order valence-electron chi connectivity index (χ4n) is 3.68. The van der Waals surface area contributed by atoms with Crippen LogP contribution in [0.3, 0.4) is 0 Å². The van der Waals surface area contributed by atoms with Gasteiger partial charge in [0.25, 0.3) is 0 Å². The lowest BCUT2D eigenvalue weighted by molar-refractivity contribution is 0.0682. The van der Waals surface area contributed by atoms with Crippen molar-refractivity contribution in [3.8, 4) is 11.5 Å². The highest BCUT2D eigenvalue weighted by atomic mass is 16.4. The molecule has 0 radical (unpaired) electrons. The van der Waals surface area contributed by atoms with Crippen molar-refractivity contribution >= 4 is 33.5 Å². The predicted molar refractivity (Wildman–Crippen MR) is 112 cm³/mol. The molecule has 0 unspecified atom stereocenters. The zero-order valence-corrected chi connectivity index (χ0v) is 15.6. The monoisotopic (exact) mass is 406 g/mol. The summed E-state index contributed by atoms with van der Waals surface area (Å²) in [6, 6.07) is 16.8. The van der Waals surface area contributed by atoms with Gasteiger partial charge in [0.15, 0.2) is 0 Å². The number of benzene rings is 4. The number of aromatic hydroxyl groups is 2. The molecule has 6 N–H and O–H groups in total. The van der Waals surface area contributed by atoms with E-state index >= 15 is 0 Å². The molecule has 0 amide bonds. The van der Waals surface area contributed by atoms with Crippen molar-refractivity contribution in [2.24, 2.45) is 0 Å². The molecule has 152 valence electrons. The van der Waals surface area contributed by atoms with Crippen molar-refractivity contribution in [3.05, 3.63) is 82.9 Å². The van der Waals surface area contributed by atoms with E-state index in [2.05, 4.69) is 0 Å². The summed E-state index contributed by atoms with van der Waals surface area (Å²) >= 11 is 0. The Morgan fingerprint density at radius 2 is 1.03 bits per heavy atom. The molecule has 4 aromatic carbocycles. The van der Waals surface area contributed by atoms with E-state index in [1.165, 1.54) is 12.1 Å². The second kappa shape index (κ2) is 7.73. The van der Waals surface area contributed by atoms with Gasteiger partial charge >= 0.3 is 11.9 Å². The fraction of sp³-hybridized carbons (Fsp3) is 0.0435. The lowest BCUT2D eigenvalue weighted by Crippen LogP contribution is -2.04. The zero-order valence-electron chi connectivity index (χ0n) is 15.6. The van der Waals surface area contributed by atoms with E-state index in [0.717, 1.165) is 0 Å². The highest BCUT2D eigenvalue weighted by Gasteiger charge is 2.22. The van der Waals surface area contributed by atoms with Crippen LogP contribution in [0.1, 0.15) is 31.8 Å². The minimum atomic E-state index is -1.28. The molecule has 0 heterocycles. The average Bonchev–Trinajstić information content (AvgIpc) is 2.70. The van der Waals surface area contributed by atoms with Crippen molar-refractivity contribution in [2.45, 2.75) is 6.42 Å². The molecule has 0 aliphatic carbocycles. The lowest BCUT2D eigenvalue weighted by atomic mass is 9.90. The van der Waals surface area contributed by atoms with Gasteiger partial charge < -0.3 is 25.9 Å². The Morgan fingerprint density at radius 3 is 1.40 bits per heavy atom. The average molecular weight is 406 g/mol. The number of phenols is 2. The standard InChI is InChI=1S/C23H16O6.H2O/c24-20-16(14-7-3-1-5-12(14)9-18(20)22(26)27)11-17-15-8-4-2-6-13(15)10-19(21(17)25)23(28)29;/h1-10,24-25H,11H2,(H,26,27)(H,28,29);1H2. The van der Waals surface area contributed by atoms with E-state index in [4.69, 9.17) is 0 Å². The second-order valence-corrected chi connectivity index (χ2v) is 6.73. The number of hydrogen-bond donors (Lipinski definition) is 4. The molecule has 0 bridgehead atoms. The van der Waals surface area contributed by atoms with Crippen LogP contribution in [0.15, 0.2) is 60.7 Å². The Balaban J connectivity index is 0.00000256. The van der Waals surface area contributed by atoms with Crippen molar-refractivity contribution < 1.29 is 35.5 Å². The third-order valence-electron chi connectivity index (χ3n) is 5.07. The molecule has 0 fully saturated rings. The molecule has 0 spiro atoms. The Bertz CT molecular complexity index is 1210. The van der Waals surface area contributed by atoms with Gasteiger partial charge in [-0.25, -0.2) is 9.59 Å². The van der Waals surface area contributed by atoms with E-state index in [1.807, 2.05) is 0 Å². The van der Waals surface area contributed by atoms with Crippen molar-refractivity contribution in [1.29, 1.82) is 0 Å². The number of carbonyl (C=O) groups is 2. The molecule has 0 aromatic heterocycles. The lowest BCUT2D eigenvalue weighted by Gasteiger charge is -2.16. The third kappa shape index (κ3) is 3.27. The number of hydrogen-bond acceptors (Lipinski definition) is 4. The minimum Gasteiger partial charge on any atom is -0.507 e. The number of fused-ring (bicyclic) bond motifs is 2. The number of carboxylic acids is 2. The van der Waals surface area contributed by atoms with Gasteiger partial charge in [0.1, 0.15) is 22.6 Å². The van der Waals surface area contributed by atoms with Gasteiger partial charge in [-0.15, -0.1) is 0 Å². The van der Waals surface area contributed by atoms with Crippen LogP contribution < -0.4 is 0 Å². The van der Waals surface area contributed by atoms with Gasteiger partial charge in [0, 0.05) is 17.5 Å². The molecule has 4 aromatic rings. The Morgan fingerprint density at radius 1 is 0.667 bits per heavy atom. The predicted octanol–water partition coefficient (Wildman–Crippen LogP) is 3.57. The Hall–Kier alpha value is -4.10. The fourth-order valence-corrected chi connectivity index (χ4v) is 3.68. The number of rotatable bonds is 4. The molecule has 0 atom stereocenters. The van der Waals surface area contributed by atoms with Crippen molar-refractivity contribution in [1.82, 2.24) is 0 Å². The van der Waals surface area contributed by atoms with Crippen molar-refractivity contribution in [2.75, 3.05) is 0 Å². The molecule has 7 nitrogen and oxygen atoms in total. The Kier molecular flexibility index (Phi) is 5.31. The van der Waals surface area contributed by atoms with E-state index in [0.29, 0.717) is 32.7 Å². The second-order valence-electron chi connectivity index (χ2n) is 6.73. The summed E-state index contributed by atoms with van der Waals surface area (Å²) in [5.41, 5.74) is 0.112. The molecule has 30 heavy (non-hydrogen) atoms. The van der Waals surface area contributed by atoms with Crippen molar-refractivity contribution in [3.63, 3.8) is 0 Å². The molecule has 4 rings (SSSR count). The SMILES string of the molecule is O.O=C(O)c1cc2ccccc2c(Cc2c(O)c(C(=O)O)cc3ccccc23)c1O. The topological polar surface area (TPSA) is 147 Å². The van der Waals surface area contributed by atoms with E-state index in [9.17, 15) is 30.0 Å². The summed E-state index contributed by atoms with van der Waals surface area (Å²) in [5.74, 6) is -3.36. The quantitative estimate of drug-likeness (QED) is 0.407. The zero-order chi connectivity index (χ0) is 20.7. The van der Waals surface area contributed by atoms with Crippen LogP contribution >= 0.6 is 0 Å². The van der Waals surface area contributed by atoms with E-state index < -0.39 is 23.4 Å². The van der Waals surface area contributed by atoms with Crippen LogP contribution in [0.2, 0.25) is 0 Å². The number of aromatic carboxylic acids is 2. The maximum atomic E-state index is 11.6. The first-order valence-corrected chi connectivity index (χ1v) is 8.82. The highest BCUT2D eigenvalue weighted by molar-refractivity contribution is 6.02. The van der Waals surface area contributed by atoms with Crippen LogP contribution in [0.5, 0.6) is 11.5 Å². The summed E-state index contributed by atoms with van der Waals surface area (Å²) in [7, 11) is 0. The van der Waals surface area contributed by atoms with Crippen LogP contribution in [0.4, 0.5) is 0 Å². The summed E-state index contributed by atoms with van der Waals surface area (Å²) in [6.45, 7) is 0.